The normalized spacial score (nSPS) is 12.3. The highest BCUT2D eigenvalue weighted by Gasteiger charge is 2.16. The maximum absolute atomic E-state index is 6.37. The van der Waals surface area contributed by atoms with Crippen molar-refractivity contribution in [1.82, 2.24) is 9.97 Å². The van der Waals surface area contributed by atoms with E-state index in [2.05, 4.69) is 33.0 Å². The number of rotatable bonds is 6. The number of nitrogens with one attached hydrogen (secondary N) is 1. The summed E-state index contributed by atoms with van der Waals surface area (Å²) in [5, 5.41) is 4.68. The van der Waals surface area contributed by atoms with Gasteiger partial charge in [-0.2, -0.15) is 0 Å². The molecule has 5 heteroatoms. The van der Waals surface area contributed by atoms with Crippen LogP contribution in [0.5, 0.6) is 0 Å². The summed E-state index contributed by atoms with van der Waals surface area (Å²) in [4.78, 5) is 9.68. The monoisotopic (exact) mass is 351 g/mol. The van der Waals surface area contributed by atoms with Crippen LogP contribution in [-0.2, 0) is 12.8 Å². The van der Waals surface area contributed by atoms with Gasteiger partial charge in [-0.15, -0.1) is 0 Å². The van der Waals surface area contributed by atoms with E-state index < -0.39 is 0 Å². The smallest absolute Gasteiger partial charge is 0.148 e. The number of halogens is 2. The average Bonchev–Trinajstić information content (AvgIpc) is 2.54. The van der Waals surface area contributed by atoms with Crippen LogP contribution in [-0.4, -0.2) is 16.0 Å². The van der Waals surface area contributed by atoms with Crippen molar-refractivity contribution in [3.8, 4) is 11.3 Å². The summed E-state index contributed by atoms with van der Waals surface area (Å²) >= 11 is 12.4. The van der Waals surface area contributed by atoms with Crippen molar-refractivity contribution in [2.45, 2.75) is 53.0 Å². The molecule has 0 saturated carbocycles. The number of benzene rings is 1. The molecule has 0 aliphatic heterocycles. The molecule has 0 bridgehead atoms. The lowest BCUT2D eigenvalue weighted by atomic mass is 10.1. The van der Waals surface area contributed by atoms with Crippen LogP contribution >= 0.6 is 23.2 Å². The third kappa shape index (κ3) is 4.15. The first kappa shape index (κ1) is 18.0. The molecule has 23 heavy (non-hydrogen) atoms. The van der Waals surface area contributed by atoms with Crippen LogP contribution in [0, 0.1) is 0 Å². The first-order valence-corrected chi connectivity index (χ1v) is 8.87. The highest BCUT2D eigenvalue weighted by atomic mass is 35.5. The molecule has 1 aromatic heterocycles. The molecule has 1 atom stereocenters. The number of aromatic nitrogens is 2. The Morgan fingerprint density at radius 3 is 2.30 bits per heavy atom. The summed E-state index contributed by atoms with van der Waals surface area (Å²) in [6.45, 7) is 8.47. The van der Waals surface area contributed by atoms with Gasteiger partial charge >= 0.3 is 0 Å². The van der Waals surface area contributed by atoms with Crippen LogP contribution in [0.25, 0.3) is 11.3 Å². The van der Waals surface area contributed by atoms with Gasteiger partial charge in [0, 0.05) is 16.6 Å². The number of anilines is 1. The number of hydrogen-bond donors (Lipinski definition) is 1. The van der Waals surface area contributed by atoms with E-state index in [0.29, 0.717) is 16.1 Å². The quantitative estimate of drug-likeness (QED) is 0.715. The molecule has 1 aromatic carbocycles. The zero-order chi connectivity index (χ0) is 17.0. The third-order valence-electron chi connectivity index (χ3n) is 3.89. The SMILES string of the molecule is CCc1nc(-c2ccc(Cl)cc2Cl)c(CC)nc1NC(C)CC. The maximum atomic E-state index is 6.37. The molecule has 1 N–H and O–H groups in total. The number of aryl methyl sites for hydroxylation is 2. The molecule has 0 amide bonds. The lowest BCUT2D eigenvalue weighted by Gasteiger charge is -2.18. The second kappa shape index (κ2) is 7.98. The van der Waals surface area contributed by atoms with Gasteiger partial charge in [0.2, 0.25) is 0 Å². The number of nitrogens with zero attached hydrogens (tertiary/aromatic N) is 2. The molecule has 3 nitrogen and oxygen atoms in total. The Morgan fingerprint density at radius 1 is 1.04 bits per heavy atom. The molecular weight excluding hydrogens is 329 g/mol. The minimum Gasteiger partial charge on any atom is -0.366 e. The highest BCUT2D eigenvalue weighted by Crippen LogP contribution is 2.32. The lowest BCUT2D eigenvalue weighted by Crippen LogP contribution is -2.18. The molecule has 0 saturated heterocycles. The predicted molar refractivity (Wildman–Crippen MR) is 99.6 cm³/mol. The van der Waals surface area contributed by atoms with Crippen molar-refractivity contribution in [2.75, 3.05) is 5.32 Å². The van der Waals surface area contributed by atoms with Gasteiger partial charge in [-0.05, 0) is 44.4 Å². The first-order chi connectivity index (χ1) is 11.0. The van der Waals surface area contributed by atoms with E-state index in [-0.39, 0.29) is 0 Å². The maximum Gasteiger partial charge on any atom is 0.148 e. The van der Waals surface area contributed by atoms with Crippen LogP contribution < -0.4 is 5.32 Å². The minimum atomic E-state index is 0.365. The zero-order valence-electron chi connectivity index (χ0n) is 14.1. The minimum absolute atomic E-state index is 0.365. The summed E-state index contributed by atoms with van der Waals surface area (Å²) in [6, 6.07) is 5.86. The zero-order valence-corrected chi connectivity index (χ0v) is 15.6. The van der Waals surface area contributed by atoms with E-state index in [1.807, 2.05) is 12.1 Å². The molecule has 0 spiro atoms. The van der Waals surface area contributed by atoms with Crippen molar-refractivity contribution in [3.63, 3.8) is 0 Å². The molecular formula is C18H23Cl2N3. The van der Waals surface area contributed by atoms with Gasteiger partial charge in [0.25, 0.3) is 0 Å². The third-order valence-corrected chi connectivity index (χ3v) is 4.44. The fourth-order valence-electron chi connectivity index (χ4n) is 2.35. The summed E-state index contributed by atoms with van der Waals surface area (Å²) in [5.74, 6) is 0.882. The predicted octanol–water partition coefficient (Wildman–Crippen LogP) is 5.79. The van der Waals surface area contributed by atoms with E-state index in [4.69, 9.17) is 33.2 Å². The van der Waals surface area contributed by atoms with E-state index in [0.717, 1.165) is 47.7 Å². The van der Waals surface area contributed by atoms with Crippen LogP contribution in [0.4, 0.5) is 5.82 Å². The molecule has 0 radical (unpaired) electrons. The van der Waals surface area contributed by atoms with Crippen LogP contribution in [0.3, 0.4) is 0 Å². The molecule has 1 heterocycles. The molecule has 0 aliphatic rings. The number of hydrogen-bond acceptors (Lipinski definition) is 3. The van der Waals surface area contributed by atoms with Crippen molar-refractivity contribution in [2.24, 2.45) is 0 Å². The van der Waals surface area contributed by atoms with Crippen LogP contribution in [0.2, 0.25) is 10.0 Å². The second-order valence-corrected chi connectivity index (χ2v) is 6.44. The van der Waals surface area contributed by atoms with Gasteiger partial charge in [0.15, 0.2) is 0 Å². The van der Waals surface area contributed by atoms with Gasteiger partial charge in [0.1, 0.15) is 5.82 Å². The highest BCUT2D eigenvalue weighted by molar-refractivity contribution is 6.36. The Kier molecular flexibility index (Phi) is 6.25. The molecule has 2 rings (SSSR count). The van der Waals surface area contributed by atoms with Crippen molar-refractivity contribution >= 4 is 29.0 Å². The van der Waals surface area contributed by atoms with E-state index in [9.17, 15) is 0 Å². The molecule has 2 aromatic rings. The van der Waals surface area contributed by atoms with Crippen molar-refractivity contribution in [3.05, 3.63) is 39.6 Å². The second-order valence-electron chi connectivity index (χ2n) is 5.60. The average molecular weight is 352 g/mol. The topological polar surface area (TPSA) is 37.8 Å². The van der Waals surface area contributed by atoms with Crippen LogP contribution in [0.15, 0.2) is 18.2 Å². The largest absolute Gasteiger partial charge is 0.366 e. The summed E-state index contributed by atoms with van der Waals surface area (Å²) in [6.07, 6.45) is 2.64. The first-order valence-electron chi connectivity index (χ1n) is 8.11. The van der Waals surface area contributed by atoms with Gasteiger partial charge in [-0.3, -0.25) is 0 Å². The standard InChI is InChI=1S/C18H23Cl2N3/c1-5-11(4)21-18-16(7-3)22-17(15(6-2)23-18)13-9-8-12(19)10-14(13)20/h8-11H,5-7H2,1-4H3,(H,21,23). The summed E-state index contributed by atoms with van der Waals surface area (Å²) < 4.78 is 0. The van der Waals surface area contributed by atoms with Crippen molar-refractivity contribution in [1.29, 1.82) is 0 Å². The Labute approximate surface area is 148 Å². The van der Waals surface area contributed by atoms with Gasteiger partial charge in [-0.1, -0.05) is 44.0 Å². The van der Waals surface area contributed by atoms with Crippen LogP contribution in [0.1, 0.15) is 45.5 Å². The van der Waals surface area contributed by atoms with E-state index >= 15 is 0 Å². The Balaban J connectivity index is 2.55. The van der Waals surface area contributed by atoms with Crippen molar-refractivity contribution < 1.29 is 0 Å². The molecule has 124 valence electrons. The van der Waals surface area contributed by atoms with Gasteiger partial charge in [-0.25, -0.2) is 9.97 Å². The Hall–Kier alpha value is -1.32. The lowest BCUT2D eigenvalue weighted by molar-refractivity contribution is 0.751. The van der Waals surface area contributed by atoms with E-state index in [1.54, 1.807) is 6.07 Å². The summed E-state index contributed by atoms with van der Waals surface area (Å²) in [7, 11) is 0. The fourth-order valence-corrected chi connectivity index (χ4v) is 2.84. The van der Waals surface area contributed by atoms with E-state index in [1.165, 1.54) is 0 Å². The molecule has 0 aliphatic carbocycles. The van der Waals surface area contributed by atoms with Gasteiger partial charge in [0.05, 0.1) is 22.1 Å². The fraction of sp³-hybridized carbons (Fsp3) is 0.444. The summed E-state index contributed by atoms with van der Waals surface area (Å²) in [5.41, 5.74) is 3.63. The Bertz CT molecular complexity index is 686. The molecule has 0 fully saturated rings. The van der Waals surface area contributed by atoms with Gasteiger partial charge < -0.3 is 5.32 Å². The Morgan fingerprint density at radius 2 is 1.74 bits per heavy atom. The molecule has 1 unspecified atom stereocenters.